The maximum atomic E-state index is 13.3. The largest absolute Gasteiger partial charge is 0.368 e. The van der Waals surface area contributed by atoms with Crippen LogP contribution >= 0.6 is 0 Å². The molecule has 2 aromatic rings. The van der Waals surface area contributed by atoms with Crippen LogP contribution in [0.1, 0.15) is 19.5 Å². The molecule has 0 saturated carbocycles. The summed E-state index contributed by atoms with van der Waals surface area (Å²) < 4.78 is 13.3. The standard InChI is InChI=1S/C14H18FN3/c1-9(2)8-16-14-13(10(3)17-18-14)11-5-4-6-12(15)7-11/h4-7,9H,8H2,1-3H3,(H2,16,17,18). The van der Waals surface area contributed by atoms with Crippen LogP contribution in [0, 0.1) is 18.7 Å². The summed E-state index contributed by atoms with van der Waals surface area (Å²) >= 11 is 0. The fraction of sp³-hybridized carbons (Fsp3) is 0.357. The van der Waals surface area contributed by atoms with Gasteiger partial charge in [0.2, 0.25) is 0 Å². The molecule has 2 rings (SSSR count). The molecule has 0 aliphatic rings. The molecule has 96 valence electrons. The quantitative estimate of drug-likeness (QED) is 0.866. The van der Waals surface area contributed by atoms with Gasteiger partial charge in [-0.05, 0) is 30.5 Å². The first-order chi connectivity index (χ1) is 8.58. The molecule has 3 nitrogen and oxygen atoms in total. The first-order valence-corrected chi connectivity index (χ1v) is 6.12. The van der Waals surface area contributed by atoms with Gasteiger partial charge in [0.05, 0.1) is 0 Å². The highest BCUT2D eigenvalue weighted by molar-refractivity contribution is 5.77. The van der Waals surface area contributed by atoms with Crippen molar-refractivity contribution in [2.24, 2.45) is 5.92 Å². The number of H-pyrrole nitrogens is 1. The molecule has 0 fully saturated rings. The predicted molar refractivity (Wildman–Crippen MR) is 72.0 cm³/mol. The minimum atomic E-state index is -0.233. The Bertz CT molecular complexity index is 532. The number of halogens is 1. The van der Waals surface area contributed by atoms with Crippen molar-refractivity contribution in [3.8, 4) is 11.1 Å². The molecule has 0 aliphatic carbocycles. The van der Waals surface area contributed by atoms with Crippen LogP contribution in [0.2, 0.25) is 0 Å². The number of nitrogens with zero attached hydrogens (tertiary/aromatic N) is 1. The second-order valence-electron chi connectivity index (χ2n) is 4.86. The number of rotatable bonds is 4. The Morgan fingerprint density at radius 1 is 1.39 bits per heavy atom. The van der Waals surface area contributed by atoms with Crippen molar-refractivity contribution >= 4 is 5.82 Å². The lowest BCUT2D eigenvalue weighted by molar-refractivity contribution is 0.628. The van der Waals surface area contributed by atoms with Gasteiger partial charge in [0, 0.05) is 17.8 Å². The molecule has 4 heteroatoms. The maximum absolute atomic E-state index is 13.3. The maximum Gasteiger partial charge on any atom is 0.155 e. The summed E-state index contributed by atoms with van der Waals surface area (Å²) in [5.74, 6) is 1.08. The van der Waals surface area contributed by atoms with Crippen LogP contribution in [-0.2, 0) is 0 Å². The normalized spacial score (nSPS) is 10.9. The molecule has 1 heterocycles. The van der Waals surface area contributed by atoms with E-state index in [0.717, 1.165) is 29.2 Å². The van der Waals surface area contributed by atoms with E-state index in [1.54, 1.807) is 6.07 Å². The summed E-state index contributed by atoms with van der Waals surface area (Å²) in [7, 11) is 0. The molecule has 0 amide bonds. The molecule has 0 atom stereocenters. The molecule has 0 unspecified atom stereocenters. The van der Waals surface area contributed by atoms with Crippen LogP contribution in [-0.4, -0.2) is 16.7 Å². The molecule has 0 saturated heterocycles. The Labute approximate surface area is 106 Å². The van der Waals surface area contributed by atoms with Gasteiger partial charge in [-0.3, -0.25) is 5.10 Å². The van der Waals surface area contributed by atoms with Crippen molar-refractivity contribution in [3.63, 3.8) is 0 Å². The fourth-order valence-electron chi connectivity index (χ4n) is 1.86. The Morgan fingerprint density at radius 2 is 2.17 bits per heavy atom. The SMILES string of the molecule is Cc1[nH]nc(NCC(C)C)c1-c1cccc(F)c1. The highest BCUT2D eigenvalue weighted by Crippen LogP contribution is 2.29. The van der Waals surface area contributed by atoms with Crippen LogP contribution in [0.4, 0.5) is 10.2 Å². The second kappa shape index (κ2) is 5.21. The van der Waals surface area contributed by atoms with Crippen molar-refractivity contribution in [2.75, 3.05) is 11.9 Å². The zero-order valence-electron chi connectivity index (χ0n) is 10.9. The van der Waals surface area contributed by atoms with Crippen LogP contribution in [0.3, 0.4) is 0 Å². The van der Waals surface area contributed by atoms with Gasteiger partial charge in [0.25, 0.3) is 0 Å². The third-order valence-corrected chi connectivity index (χ3v) is 2.74. The van der Waals surface area contributed by atoms with Crippen molar-refractivity contribution in [2.45, 2.75) is 20.8 Å². The van der Waals surface area contributed by atoms with E-state index in [1.807, 2.05) is 13.0 Å². The number of hydrogen-bond donors (Lipinski definition) is 2. The van der Waals surface area contributed by atoms with E-state index in [0.29, 0.717) is 5.92 Å². The third kappa shape index (κ3) is 2.70. The van der Waals surface area contributed by atoms with Gasteiger partial charge in [-0.15, -0.1) is 0 Å². The van der Waals surface area contributed by atoms with Gasteiger partial charge in [-0.25, -0.2) is 4.39 Å². The lowest BCUT2D eigenvalue weighted by atomic mass is 10.1. The number of benzene rings is 1. The first-order valence-electron chi connectivity index (χ1n) is 6.12. The zero-order valence-corrected chi connectivity index (χ0v) is 10.9. The number of aromatic nitrogens is 2. The number of nitrogens with one attached hydrogen (secondary N) is 2. The van der Waals surface area contributed by atoms with Crippen LogP contribution < -0.4 is 5.32 Å². The number of aromatic amines is 1. The van der Waals surface area contributed by atoms with Gasteiger partial charge >= 0.3 is 0 Å². The lowest BCUT2D eigenvalue weighted by Crippen LogP contribution is -2.08. The van der Waals surface area contributed by atoms with E-state index in [9.17, 15) is 4.39 Å². The Kier molecular flexibility index (Phi) is 3.65. The van der Waals surface area contributed by atoms with Crippen molar-refractivity contribution in [1.29, 1.82) is 0 Å². The van der Waals surface area contributed by atoms with Crippen LogP contribution in [0.5, 0.6) is 0 Å². The Morgan fingerprint density at radius 3 is 2.83 bits per heavy atom. The summed E-state index contributed by atoms with van der Waals surface area (Å²) in [5.41, 5.74) is 2.72. The summed E-state index contributed by atoms with van der Waals surface area (Å²) in [6.07, 6.45) is 0. The molecule has 2 N–H and O–H groups in total. The van der Waals surface area contributed by atoms with E-state index in [4.69, 9.17) is 0 Å². The van der Waals surface area contributed by atoms with Gasteiger partial charge in [0.15, 0.2) is 5.82 Å². The van der Waals surface area contributed by atoms with E-state index < -0.39 is 0 Å². The first kappa shape index (κ1) is 12.6. The van der Waals surface area contributed by atoms with Crippen molar-refractivity contribution in [1.82, 2.24) is 10.2 Å². The highest BCUT2D eigenvalue weighted by Gasteiger charge is 2.12. The summed E-state index contributed by atoms with van der Waals surface area (Å²) in [4.78, 5) is 0. The molecule has 0 aliphatic heterocycles. The lowest BCUT2D eigenvalue weighted by Gasteiger charge is -2.09. The molecule has 18 heavy (non-hydrogen) atoms. The topological polar surface area (TPSA) is 40.7 Å². The Balaban J connectivity index is 2.34. The number of aryl methyl sites for hydroxylation is 1. The molecule has 1 aromatic heterocycles. The average Bonchev–Trinajstić information content (AvgIpc) is 2.68. The summed E-state index contributed by atoms with van der Waals surface area (Å²) in [5, 5.41) is 10.5. The van der Waals surface area contributed by atoms with Crippen molar-refractivity contribution < 1.29 is 4.39 Å². The van der Waals surface area contributed by atoms with Gasteiger partial charge in [-0.1, -0.05) is 26.0 Å². The van der Waals surface area contributed by atoms with E-state index in [1.165, 1.54) is 12.1 Å². The van der Waals surface area contributed by atoms with E-state index in [-0.39, 0.29) is 5.82 Å². The average molecular weight is 247 g/mol. The van der Waals surface area contributed by atoms with Crippen LogP contribution in [0.15, 0.2) is 24.3 Å². The number of hydrogen-bond acceptors (Lipinski definition) is 2. The highest BCUT2D eigenvalue weighted by atomic mass is 19.1. The fourth-order valence-corrected chi connectivity index (χ4v) is 1.86. The molecule has 0 spiro atoms. The molecule has 0 radical (unpaired) electrons. The van der Waals surface area contributed by atoms with Crippen molar-refractivity contribution in [3.05, 3.63) is 35.8 Å². The van der Waals surface area contributed by atoms with Gasteiger partial charge < -0.3 is 5.32 Å². The number of anilines is 1. The predicted octanol–water partition coefficient (Wildman–Crippen LogP) is 3.59. The Hall–Kier alpha value is -1.84. The summed E-state index contributed by atoms with van der Waals surface area (Å²) in [6.45, 7) is 7.04. The van der Waals surface area contributed by atoms with Crippen LogP contribution in [0.25, 0.3) is 11.1 Å². The van der Waals surface area contributed by atoms with E-state index in [2.05, 4.69) is 29.4 Å². The molecule has 1 aromatic carbocycles. The monoisotopic (exact) mass is 247 g/mol. The zero-order chi connectivity index (χ0) is 13.1. The molecular weight excluding hydrogens is 229 g/mol. The second-order valence-corrected chi connectivity index (χ2v) is 4.86. The summed E-state index contributed by atoms with van der Waals surface area (Å²) in [6, 6.07) is 6.57. The minimum absolute atomic E-state index is 0.233. The van der Waals surface area contributed by atoms with Gasteiger partial charge in [-0.2, -0.15) is 5.10 Å². The van der Waals surface area contributed by atoms with E-state index >= 15 is 0 Å². The minimum Gasteiger partial charge on any atom is -0.368 e. The third-order valence-electron chi connectivity index (χ3n) is 2.74. The molecule has 0 bridgehead atoms. The molecular formula is C14H18FN3. The van der Waals surface area contributed by atoms with Gasteiger partial charge in [0.1, 0.15) is 5.82 Å². The smallest absolute Gasteiger partial charge is 0.155 e.